The predicted molar refractivity (Wildman–Crippen MR) is 116 cm³/mol. The molecule has 3 rings (SSSR count). The summed E-state index contributed by atoms with van der Waals surface area (Å²) in [4.78, 5) is 39.4. The van der Waals surface area contributed by atoms with Crippen LogP contribution < -0.4 is 16.2 Å². The SMILES string of the molecule is CC(C)N1CCC(NC(=O)c2ccc(=O)n(CC(=O)NCc3ccc(F)cc3)c2)CC1. The lowest BCUT2D eigenvalue weighted by Gasteiger charge is -2.34. The van der Waals surface area contributed by atoms with Crippen molar-refractivity contribution >= 4 is 11.8 Å². The quantitative estimate of drug-likeness (QED) is 0.706. The van der Waals surface area contributed by atoms with Crippen LogP contribution in [0.3, 0.4) is 0 Å². The third-order valence-corrected chi connectivity index (χ3v) is 5.56. The highest BCUT2D eigenvalue weighted by Crippen LogP contribution is 2.13. The number of nitrogens with zero attached hydrogens (tertiary/aromatic N) is 2. The molecule has 0 aliphatic carbocycles. The summed E-state index contributed by atoms with van der Waals surface area (Å²) in [6.07, 6.45) is 3.18. The van der Waals surface area contributed by atoms with Gasteiger partial charge in [0.1, 0.15) is 12.4 Å². The standard InChI is InChI=1S/C23H29FN4O3/c1-16(2)27-11-9-20(10-12-27)26-23(31)18-5-8-22(30)28(14-18)15-21(29)25-13-17-3-6-19(24)7-4-17/h3-8,14,16,20H,9-13,15H2,1-2H3,(H,25,29)(H,26,31). The average Bonchev–Trinajstić information content (AvgIpc) is 2.75. The Kier molecular flexibility index (Phi) is 7.57. The van der Waals surface area contributed by atoms with E-state index in [1.807, 2.05) is 0 Å². The lowest BCUT2D eigenvalue weighted by Crippen LogP contribution is -2.46. The molecule has 1 fully saturated rings. The molecule has 1 aromatic heterocycles. The molecule has 7 nitrogen and oxygen atoms in total. The van der Waals surface area contributed by atoms with E-state index in [2.05, 4.69) is 29.4 Å². The summed E-state index contributed by atoms with van der Waals surface area (Å²) in [5.74, 6) is -0.962. The van der Waals surface area contributed by atoms with Crippen LogP contribution >= 0.6 is 0 Å². The van der Waals surface area contributed by atoms with E-state index in [1.54, 1.807) is 12.1 Å². The number of pyridine rings is 1. The molecule has 0 spiro atoms. The van der Waals surface area contributed by atoms with Crippen LogP contribution in [0.15, 0.2) is 47.4 Å². The number of amides is 2. The Morgan fingerprint density at radius 2 is 1.77 bits per heavy atom. The van der Waals surface area contributed by atoms with Gasteiger partial charge < -0.3 is 20.1 Å². The van der Waals surface area contributed by atoms with Gasteiger partial charge in [0.05, 0.1) is 5.56 Å². The number of aromatic nitrogens is 1. The largest absolute Gasteiger partial charge is 0.350 e. The molecule has 1 aromatic carbocycles. The highest BCUT2D eigenvalue weighted by molar-refractivity contribution is 5.94. The lowest BCUT2D eigenvalue weighted by molar-refractivity contribution is -0.121. The number of likely N-dealkylation sites (tertiary alicyclic amines) is 1. The molecule has 0 unspecified atom stereocenters. The minimum absolute atomic E-state index is 0.0990. The van der Waals surface area contributed by atoms with Gasteiger partial charge in [-0.2, -0.15) is 0 Å². The van der Waals surface area contributed by atoms with E-state index in [-0.39, 0.29) is 42.3 Å². The summed E-state index contributed by atoms with van der Waals surface area (Å²) in [5.41, 5.74) is 0.731. The first-order valence-corrected chi connectivity index (χ1v) is 10.6. The molecule has 1 saturated heterocycles. The van der Waals surface area contributed by atoms with Gasteiger partial charge in [0.15, 0.2) is 0 Å². The van der Waals surface area contributed by atoms with Crippen LogP contribution in [-0.2, 0) is 17.9 Å². The third-order valence-electron chi connectivity index (χ3n) is 5.56. The fraction of sp³-hybridized carbons (Fsp3) is 0.435. The van der Waals surface area contributed by atoms with E-state index in [1.165, 1.54) is 35.0 Å². The Hall–Kier alpha value is -3.00. The second kappa shape index (κ2) is 10.3. The number of benzene rings is 1. The van der Waals surface area contributed by atoms with Crippen LogP contribution in [-0.4, -0.2) is 46.5 Å². The smallest absolute Gasteiger partial charge is 0.252 e. The number of hydrogen-bond donors (Lipinski definition) is 2. The van der Waals surface area contributed by atoms with Gasteiger partial charge >= 0.3 is 0 Å². The van der Waals surface area contributed by atoms with E-state index < -0.39 is 0 Å². The number of hydrogen-bond acceptors (Lipinski definition) is 4. The van der Waals surface area contributed by atoms with Crippen molar-refractivity contribution in [1.29, 1.82) is 0 Å². The summed E-state index contributed by atoms with van der Waals surface area (Å²) >= 11 is 0. The van der Waals surface area contributed by atoms with Crippen LogP contribution in [0.5, 0.6) is 0 Å². The molecular formula is C23H29FN4O3. The Balaban J connectivity index is 1.55. The summed E-state index contributed by atoms with van der Waals surface area (Å²) in [6.45, 7) is 6.24. The zero-order valence-corrected chi connectivity index (χ0v) is 17.9. The monoisotopic (exact) mass is 428 g/mol. The zero-order chi connectivity index (χ0) is 22.4. The number of nitrogens with one attached hydrogen (secondary N) is 2. The molecule has 1 aliphatic rings. The van der Waals surface area contributed by atoms with Crippen LogP contribution in [0.4, 0.5) is 4.39 Å². The van der Waals surface area contributed by atoms with Gasteiger partial charge in [0, 0.05) is 44.0 Å². The fourth-order valence-corrected chi connectivity index (χ4v) is 3.63. The molecule has 0 radical (unpaired) electrons. The molecule has 2 amide bonds. The summed E-state index contributed by atoms with van der Waals surface area (Å²) in [5, 5.41) is 5.73. The Bertz CT molecular complexity index is 964. The fourth-order valence-electron chi connectivity index (χ4n) is 3.63. The van der Waals surface area contributed by atoms with Gasteiger partial charge in [0.25, 0.3) is 11.5 Å². The number of halogens is 1. The summed E-state index contributed by atoms with van der Waals surface area (Å²) in [7, 11) is 0. The van der Waals surface area contributed by atoms with Crippen molar-refractivity contribution in [2.24, 2.45) is 0 Å². The van der Waals surface area contributed by atoms with Gasteiger partial charge in [-0.1, -0.05) is 12.1 Å². The van der Waals surface area contributed by atoms with Crippen LogP contribution in [0.1, 0.15) is 42.6 Å². The lowest BCUT2D eigenvalue weighted by atomic mass is 10.0. The first-order chi connectivity index (χ1) is 14.8. The average molecular weight is 429 g/mol. The van der Waals surface area contributed by atoms with Crippen molar-refractivity contribution in [2.45, 2.75) is 51.9 Å². The number of carbonyl (C=O) groups is 2. The molecule has 0 atom stereocenters. The van der Waals surface area contributed by atoms with Gasteiger partial charge in [0.2, 0.25) is 5.91 Å². The maximum absolute atomic E-state index is 13.0. The van der Waals surface area contributed by atoms with Gasteiger partial charge in [-0.3, -0.25) is 14.4 Å². The normalized spacial score (nSPS) is 15.1. The molecule has 31 heavy (non-hydrogen) atoms. The zero-order valence-electron chi connectivity index (χ0n) is 17.9. The van der Waals surface area contributed by atoms with Crippen molar-refractivity contribution in [3.8, 4) is 0 Å². The molecule has 2 heterocycles. The Morgan fingerprint density at radius 1 is 1.10 bits per heavy atom. The van der Waals surface area contributed by atoms with E-state index in [4.69, 9.17) is 0 Å². The molecular weight excluding hydrogens is 399 g/mol. The van der Waals surface area contributed by atoms with Crippen molar-refractivity contribution in [3.05, 3.63) is 69.9 Å². The number of piperidine rings is 1. The van der Waals surface area contributed by atoms with E-state index in [0.29, 0.717) is 11.6 Å². The minimum atomic E-state index is -0.370. The van der Waals surface area contributed by atoms with Crippen molar-refractivity contribution < 1.29 is 14.0 Å². The molecule has 2 N–H and O–H groups in total. The number of rotatable bonds is 7. The topological polar surface area (TPSA) is 83.4 Å². The van der Waals surface area contributed by atoms with Crippen LogP contribution in [0, 0.1) is 5.82 Å². The van der Waals surface area contributed by atoms with Crippen molar-refractivity contribution in [3.63, 3.8) is 0 Å². The maximum Gasteiger partial charge on any atom is 0.252 e. The first kappa shape index (κ1) is 22.7. The summed E-state index contributed by atoms with van der Waals surface area (Å²) in [6, 6.07) is 9.17. The first-order valence-electron chi connectivity index (χ1n) is 10.6. The van der Waals surface area contributed by atoms with Gasteiger partial charge in [-0.05, 0) is 50.5 Å². The van der Waals surface area contributed by atoms with Crippen molar-refractivity contribution in [2.75, 3.05) is 13.1 Å². The molecule has 0 saturated carbocycles. The third kappa shape index (κ3) is 6.49. The van der Waals surface area contributed by atoms with Crippen LogP contribution in [0.25, 0.3) is 0 Å². The minimum Gasteiger partial charge on any atom is -0.350 e. The predicted octanol–water partition coefficient (Wildman–Crippen LogP) is 1.91. The van der Waals surface area contributed by atoms with Gasteiger partial charge in [-0.25, -0.2) is 4.39 Å². The Labute approximate surface area is 181 Å². The molecule has 0 bridgehead atoms. The molecule has 8 heteroatoms. The summed E-state index contributed by atoms with van der Waals surface area (Å²) < 4.78 is 14.2. The molecule has 2 aromatic rings. The molecule has 1 aliphatic heterocycles. The second-order valence-corrected chi connectivity index (χ2v) is 8.16. The second-order valence-electron chi connectivity index (χ2n) is 8.16. The van der Waals surface area contributed by atoms with E-state index >= 15 is 0 Å². The van der Waals surface area contributed by atoms with Crippen molar-refractivity contribution in [1.82, 2.24) is 20.1 Å². The van der Waals surface area contributed by atoms with Gasteiger partial charge in [-0.15, -0.1) is 0 Å². The Morgan fingerprint density at radius 3 is 2.42 bits per heavy atom. The number of carbonyl (C=O) groups excluding carboxylic acids is 2. The van der Waals surface area contributed by atoms with E-state index in [9.17, 15) is 18.8 Å². The van der Waals surface area contributed by atoms with Crippen LogP contribution in [0.2, 0.25) is 0 Å². The van der Waals surface area contributed by atoms with E-state index in [0.717, 1.165) is 31.5 Å². The maximum atomic E-state index is 13.0. The molecule has 166 valence electrons. The highest BCUT2D eigenvalue weighted by Gasteiger charge is 2.22. The highest BCUT2D eigenvalue weighted by atomic mass is 19.1.